The van der Waals surface area contributed by atoms with Crippen LogP contribution in [0, 0.1) is 13.8 Å². The Morgan fingerprint density at radius 2 is 1.92 bits per heavy atom. The van der Waals surface area contributed by atoms with Gasteiger partial charge in [0.2, 0.25) is 0 Å². The summed E-state index contributed by atoms with van der Waals surface area (Å²) in [6, 6.07) is 16.6. The quantitative estimate of drug-likeness (QED) is 0.276. The highest BCUT2D eigenvalue weighted by Gasteiger charge is 2.34. The largest absolute Gasteiger partial charge is 0.463 e. The minimum atomic E-state index is -0.741. The van der Waals surface area contributed by atoms with Crippen molar-refractivity contribution in [1.82, 2.24) is 9.13 Å². The number of hydrogen-bond donors (Lipinski definition) is 0. The van der Waals surface area contributed by atoms with Gasteiger partial charge in [0.15, 0.2) is 4.80 Å². The third kappa shape index (κ3) is 4.61. The topological polar surface area (TPSA) is 65.6 Å². The summed E-state index contributed by atoms with van der Waals surface area (Å²) in [7, 11) is 0. The summed E-state index contributed by atoms with van der Waals surface area (Å²) < 4.78 is 10.6. The van der Waals surface area contributed by atoms with Gasteiger partial charge in [0.25, 0.3) is 5.56 Å². The van der Waals surface area contributed by atoms with E-state index in [1.807, 2.05) is 56.3 Å². The molecule has 2 aromatic heterocycles. The van der Waals surface area contributed by atoms with Crippen LogP contribution in [-0.4, -0.2) is 21.7 Å². The van der Waals surface area contributed by atoms with Gasteiger partial charge in [-0.25, -0.2) is 9.79 Å². The van der Waals surface area contributed by atoms with Crippen LogP contribution >= 0.6 is 38.9 Å². The second kappa shape index (κ2) is 10.5. The molecule has 0 spiro atoms. The Morgan fingerprint density at radius 1 is 1.16 bits per heavy atom. The number of carbonyl (C=O) groups excluding carboxylic acids is 1. The van der Waals surface area contributed by atoms with Gasteiger partial charge >= 0.3 is 5.97 Å². The van der Waals surface area contributed by atoms with Crippen LogP contribution in [-0.2, 0) is 9.53 Å². The van der Waals surface area contributed by atoms with Gasteiger partial charge in [-0.15, -0.1) is 0 Å². The highest BCUT2D eigenvalue weighted by Crippen LogP contribution is 2.34. The molecule has 4 aromatic rings. The molecule has 0 unspecified atom stereocenters. The highest BCUT2D eigenvalue weighted by atomic mass is 79.9. The molecule has 38 heavy (non-hydrogen) atoms. The minimum absolute atomic E-state index is 0.211. The van der Waals surface area contributed by atoms with Gasteiger partial charge in [0.05, 0.1) is 22.4 Å². The number of aryl methyl sites for hydroxylation is 1. The number of allylic oxidation sites excluding steroid dienone is 1. The van der Waals surface area contributed by atoms with Crippen molar-refractivity contribution in [3.05, 3.63) is 118 Å². The lowest BCUT2D eigenvalue weighted by Gasteiger charge is -2.25. The van der Waals surface area contributed by atoms with E-state index in [-0.39, 0.29) is 12.2 Å². The molecular weight excluding hydrogens is 586 g/mol. The summed E-state index contributed by atoms with van der Waals surface area (Å²) in [5, 5.41) is 0.459. The first-order valence-electron chi connectivity index (χ1n) is 12.1. The summed E-state index contributed by atoms with van der Waals surface area (Å²) in [5.74, 6) is -0.509. The van der Waals surface area contributed by atoms with Crippen LogP contribution in [0.2, 0.25) is 5.02 Å². The van der Waals surface area contributed by atoms with E-state index < -0.39 is 12.0 Å². The van der Waals surface area contributed by atoms with Crippen molar-refractivity contribution < 1.29 is 9.53 Å². The van der Waals surface area contributed by atoms with Crippen molar-refractivity contribution in [2.75, 3.05) is 6.61 Å². The Kier molecular flexibility index (Phi) is 7.31. The zero-order valence-electron chi connectivity index (χ0n) is 21.3. The number of ether oxygens (including phenoxy) is 1. The number of aromatic nitrogens is 2. The van der Waals surface area contributed by atoms with Crippen LogP contribution < -0.4 is 14.9 Å². The average Bonchev–Trinajstić information content (AvgIpc) is 3.33. The van der Waals surface area contributed by atoms with E-state index in [1.54, 1.807) is 24.5 Å². The van der Waals surface area contributed by atoms with E-state index in [4.69, 9.17) is 16.3 Å². The summed E-state index contributed by atoms with van der Waals surface area (Å²) in [5.41, 5.74) is 5.26. The molecule has 0 amide bonds. The van der Waals surface area contributed by atoms with Crippen LogP contribution in [0.5, 0.6) is 0 Å². The first-order chi connectivity index (χ1) is 18.2. The fourth-order valence-electron chi connectivity index (χ4n) is 4.87. The molecule has 1 atom stereocenters. The summed E-state index contributed by atoms with van der Waals surface area (Å²) in [6.07, 6.45) is 1.90. The van der Waals surface area contributed by atoms with Crippen molar-refractivity contribution in [3.8, 4) is 5.69 Å². The van der Waals surface area contributed by atoms with Gasteiger partial charge in [-0.05, 0) is 75.2 Å². The molecule has 0 saturated carbocycles. The first kappa shape index (κ1) is 26.4. The molecule has 0 N–H and O–H groups in total. The van der Waals surface area contributed by atoms with Crippen molar-refractivity contribution in [3.63, 3.8) is 0 Å². The van der Waals surface area contributed by atoms with Crippen molar-refractivity contribution in [2.45, 2.75) is 33.7 Å². The van der Waals surface area contributed by atoms with Gasteiger partial charge in [0.1, 0.15) is 6.04 Å². The van der Waals surface area contributed by atoms with Crippen LogP contribution in [0.15, 0.2) is 80.1 Å². The summed E-state index contributed by atoms with van der Waals surface area (Å²) >= 11 is 11.4. The number of halogens is 2. The highest BCUT2D eigenvalue weighted by molar-refractivity contribution is 9.10. The first-order valence-corrected chi connectivity index (χ1v) is 14.1. The molecule has 0 saturated heterocycles. The Balaban J connectivity index is 1.71. The normalized spacial score (nSPS) is 15.4. The molecule has 3 heterocycles. The lowest BCUT2D eigenvalue weighted by Crippen LogP contribution is -2.40. The lowest BCUT2D eigenvalue weighted by molar-refractivity contribution is -0.139. The number of hydrogen-bond acceptors (Lipinski definition) is 5. The van der Waals surface area contributed by atoms with E-state index in [9.17, 15) is 9.59 Å². The van der Waals surface area contributed by atoms with E-state index in [2.05, 4.69) is 37.6 Å². The molecule has 2 aromatic carbocycles. The molecule has 0 fully saturated rings. The third-order valence-corrected chi connectivity index (χ3v) is 8.36. The fraction of sp³-hybridized carbons (Fsp3) is 0.207. The number of esters is 1. The number of benzene rings is 2. The molecule has 1 aliphatic rings. The number of rotatable bonds is 5. The van der Waals surface area contributed by atoms with E-state index >= 15 is 0 Å². The predicted octanol–water partition coefficient (Wildman–Crippen LogP) is 5.62. The maximum atomic E-state index is 13.9. The van der Waals surface area contributed by atoms with E-state index in [1.165, 1.54) is 11.3 Å². The molecule has 1 aliphatic heterocycles. The monoisotopic (exact) mass is 609 g/mol. The van der Waals surface area contributed by atoms with Crippen molar-refractivity contribution in [2.24, 2.45) is 4.99 Å². The molecule has 0 bridgehead atoms. The Morgan fingerprint density at radius 3 is 2.63 bits per heavy atom. The van der Waals surface area contributed by atoms with Gasteiger partial charge < -0.3 is 9.30 Å². The second-order valence-corrected chi connectivity index (χ2v) is 11.3. The molecule has 194 valence electrons. The third-order valence-electron chi connectivity index (χ3n) is 6.54. The predicted molar refractivity (Wildman–Crippen MR) is 155 cm³/mol. The summed E-state index contributed by atoms with van der Waals surface area (Å²) in [6.45, 7) is 7.80. The van der Waals surface area contributed by atoms with Gasteiger partial charge in [-0.1, -0.05) is 63.1 Å². The smallest absolute Gasteiger partial charge is 0.338 e. The van der Waals surface area contributed by atoms with Gasteiger partial charge in [0, 0.05) is 26.6 Å². The lowest BCUT2D eigenvalue weighted by atomic mass is 9.96. The summed E-state index contributed by atoms with van der Waals surface area (Å²) in [4.78, 5) is 32.1. The maximum absolute atomic E-state index is 13.9. The van der Waals surface area contributed by atoms with Crippen LogP contribution in [0.3, 0.4) is 0 Å². The van der Waals surface area contributed by atoms with Gasteiger partial charge in [-0.2, -0.15) is 0 Å². The number of nitrogens with zero attached hydrogens (tertiary/aromatic N) is 3. The standard InChI is InChI=1S/C29H25BrClN3O3S/c1-5-37-28(36)25-17(3)32-29-34(26(25)22-11-6-7-12-23(22)31)27(35)24(38-29)14-19-13-16(2)33(18(19)4)21-10-8-9-20(30)15-21/h6-15,26H,5H2,1-4H3/b24-14-/t26-/m0/s1. The zero-order chi connectivity index (χ0) is 27.1. The van der Waals surface area contributed by atoms with Crippen molar-refractivity contribution >= 4 is 50.9 Å². The van der Waals surface area contributed by atoms with E-state index in [0.29, 0.717) is 31.2 Å². The fourth-order valence-corrected chi connectivity index (χ4v) is 6.53. The molecule has 6 nitrogen and oxygen atoms in total. The Labute approximate surface area is 237 Å². The number of carbonyl (C=O) groups is 1. The molecular formula is C29H25BrClN3O3S. The average molecular weight is 611 g/mol. The van der Waals surface area contributed by atoms with Crippen LogP contribution in [0.4, 0.5) is 0 Å². The van der Waals surface area contributed by atoms with Gasteiger partial charge in [-0.3, -0.25) is 9.36 Å². The Hall–Kier alpha value is -3.20. The van der Waals surface area contributed by atoms with Crippen LogP contribution in [0.1, 0.15) is 42.4 Å². The molecule has 0 aliphatic carbocycles. The maximum Gasteiger partial charge on any atom is 0.338 e. The minimum Gasteiger partial charge on any atom is -0.463 e. The molecule has 0 radical (unpaired) electrons. The van der Waals surface area contributed by atoms with E-state index in [0.717, 1.165) is 27.1 Å². The van der Waals surface area contributed by atoms with Crippen LogP contribution in [0.25, 0.3) is 11.8 Å². The SMILES string of the molecule is CCOC(=O)C1=C(C)N=c2s/c(=C\c3cc(C)n(-c4cccc(Br)c4)c3C)c(=O)n2[C@H]1c1ccccc1Cl. The Bertz CT molecular complexity index is 1800. The molecule has 9 heteroatoms. The second-order valence-electron chi connectivity index (χ2n) is 8.97. The molecule has 5 rings (SSSR count). The zero-order valence-corrected chi connectivity index (χ0v) is 24.4. The number of fused-ring (bicyclic) bond motifs is 1. The number of thiazole rings is 1. The van der Waals surface area contributed by atoms with Crippen molar-refractivity contribution in [1.29, 1.82) is 0 Å².